The maximum absolute atomic E-state index is 14.0. The summed E-state index contributed by atoms with van der Waals surface area (Å²) in [7, 11) is 1.57. The molecule has 0 fully saturated rings. The molecule has 5 aromatic carbocycles. The Morgan fingerprint density at radius 2 is 1.45 bits per heavy atom. The Morgan fingerprint density at radius 3 is 2.17 bits per heavy atom. The molecule has 1 N–H and O–H groups in total. The van der Waals surface area contributed by atoms with Crippen molar-refractivity contribution in [1.82, 2.24) is 0 Å². The van der Waals surface area contributed by atoms with Gasteiger partial charge in [-0.3, -0.25) is 14.4 Å². The molecule has 3 amide bonds. The lowest BCUT2D eigenvalue weighted by atomic mass is 9.98. The third-order valence-electron chi connectivity index (χ3n) is 12.1. The van der Waals surface area contributed by atoms with Crippen LogP contribution in [-0.2, 0) is 37.3 Å². The first kappa shape index (κ1) is 39.5. The van der Waals surface area contributed by atoms with Crippen molar-refractivity contribution in [3.63, 3.8) is 0 Å². The average molecular weight is 820 g/mol. The smallest absolute Gasteiger partial charge is 0.259 e. The normalized spacial score (nSPS) is 17.4. The van der Waals surface area contributed by atoms with Gasteiger partial charge in [0.05, 0.1) is 18.7 Å². The van der Waals surface area contributed by atoms with Gasteiger partial charge in [0.2, 0.25) is 5.91 Å². The lowest BCUT2D eigenvalue weighted by Gasteiger charge is -2.23. The SMILES string of the molecule is COc1cc2c(cc1OCc1cc(COc3cc4c(cc3C)C(=O)N3c5ccccc5C[C@H]3CC4)cc(NC(=O)CCC(C)(C)S)c1)C=C[C@@H]1Cc3ccccc3N1C2=O. The molecule has 0 radical (unpaired) electrons. The van der Waals surface area contributed by atoms with Crippen LogP contribution >= 0.6 is 12.6 Å². The van der Waals surface area contributed by atoms with Crippen LogP contribution in [0.25, 0.3) is 6.08 Å². The number of fused-ring (bicyclic) bond motifs is 8. The number of para-hydroxylation sites is 2. The summed E-state index contributed by atoms with van der Waals surface area (Å²) in [4.78, 5) is 45.0. The van der Waals surface area contributed by atoms with E-state index in [1.54, 1.807) is 13.2 Å². The van der Waals surface area contributed by atoms with Crippen LogP contribution in [0.15, 0.2) is 97.1 Å². The molecular weight excluding hydrogens is 771 g/mol. The fourth-order valence-electron chi connectivity index (χ4n) is 9.02. The lowest BCUT2D eigenvalue weighted by Crippen LogP contribution is -2.36. The summed E-state index contributed by atoms with van der Waals surface area (Å²) in [5, 5.41) is 3.08. The number of amides is 3. The second kappa shape index (κ2) is 15.9. The second-order valence-electron chi connectivity index (χ2n) is 17.0. The zero-order chi connectivity index (χ0) is 41.7. The maximum atomic E-state index is 14.0. The van der Waals surface area contributed by atoms with E-state index in [2.05, 4.69) is 36.2 Å². The van der Waals surface area contributed by atoms with E-state index >= 15 is 0 Å². The third kappa shape index (κ3) is 7.76. The summed E-state index contributed by atoms with van der Waals surface area (Å²) in [6.07, 6.45) is 8.30. The Bertz CT molecular complexity index is 2580. The molecule has 306 valence electrons. The molecule has 0 saturated heterocycles. The van der Waals surface area contributed by atoms with Gasteiger partial charge in [-0.25, -0.2) is 0 Å². The van der Waals surface area contributed by atoms with Crippen LogP contribution in [0.1, 0.15) is 92.8 Å². The van der Waals surface area contributed by atoms with Gasteiger partial charge in [0, 0.05) is 39.8 Å². The van der Waals surface area contributed by atoms with E-state index in [0.29, 0.717) is 41.3 Å². The molecular formula is C50H49N3O6S. The fourth-order valence-corrected chi connectivity index (χ4v) is 9.13. The molecule has 0 aliphatic carbocycles. The molecule has 0 saturated carbocycles. The topological polar surface area (TPSA) is 97.4 Å². The van der Waals surface area contributed by atoms with Crippen molar-refractivity contribution < 1.29 is 28.6 Å². The Kier molecular flexibility index (Phi) is 10.4. The summed E-state index contributed by atoms with van der Waals surface area (Å²) in [6.45, 7) is 6.35. The number of carbonyl (C=O) groups excluding carboxylic acids is 3. The van der Waals surface area contributed by atoms with Crippen molar-refractivity contribution in [2.75, 3.05) is 22.2 Å². The number of hydrogen-bond donors (Lipinski definition) is 2. The fraction of sp³-hybridized carbons (Fsp3) is 0.300. The molecule has 4 aliphatic heterocycles. The minimum atomic E-state index is -0.281. The first-order chi connectivity index (χ1) is 28.9. The Labute approximate surface area is 356 Å². The zero-order valence-electron chi connectivity index (χ0n) is 34.4. The predicted molar refractivity (Wildman–Crippen MR) is 239 cm³/mol. The standard InChI is InChI=1S/C50H49N3O6S/c1-30-19-40-33(13-15-38-23-35-9-5-7-11-42(35)52(38)48(40)55)25-44(30)58-28-31-20-32(22-37(21-31)51-47(54)17-18-50(2,3)60)29-59-46-26-34-14-16-39-24-36-10-6-8-12-43(36)53(39)49(56)41(34)27-45(46)57-4/h5-12,14,16,19-22,25-27,38-39,60H,13,15,17-18,23-24,28-29H2,1-4H3,(H,51,54)/t38-,39-/m1/s1. The van der Waals surface area contributed by atoms with E-state index < -0.39 is 0 Å². The van der Waals surface area contributed by atoms with Gasteiger partial charge in [0.25, 0.3) is 11.8 Å². The highest BCUT2D eigenvalue weighted by molar-refractivity contribution is 7.81. The summed E-state index contributed by atoms with van der Waals surface area (Å²) in [5.41, 5.74) is 10.5. The van der Waals surface area contributed by atoms with Crippen LogP contribution < -0.4 is 29.3 Å². The molecule has 9 rings (SSSR count). The van der Waals surface area contributed by atoms with Crippen molar-refractivity contribution in [2.24, 2.45) is 0 Å². The van der Waals surface area contributed by atoms with Gasteiger partial charge in [-0.15, -0.1) is 0 Å². The number of anilines is 3. The van der Waals surface area contributed by atoms with Gasteiger partial charge < -0.3 is 29.3 Å². The highest BCUT2D eigenvalue weighted by Gasteiger charge is 2.38. The average Bonchev–Trinajstić information content (AvgIpc) is 3.72. The summed E-state index contributed by atoms with van der Waals surface area (Å²) in [5.74, 6) is 1.52. The number of nitrogens with one attached hydrogen (secondary N) is 1. The molecule has 4 heterocycles. The molecule has 9 nitrogen and oxygen atoms in total. The Hall–Kier alpha value is -6.00. The monoisotopic (exact) mass is 819 g/mol. The quantitative estimate of drug-likeness (QED) is 0.129. The van der Waals surface area contributed by atoms with Gasteiger partial charge in [-0.05, 0) is 133 Å². The molecule has 0 bridgehead atoms. The lowest BCUT2D eigenvalue weighted by molar-refractivity contribution is -0.116. The predicted octanol–water partition coefficient (Wildman–Crippen LogP) is 9.70. The Balaban J connectivity index is 0.958. The number of carbonyl (C=O) groups is 3. The number of thiol groups is 1. The molecule has 4 aliphatic rings. The third-order valence-corrected chi connectivity index (χ3v) is 12.3. The highest BCUT2D eigenvalue weighted by Crippen LogP contribution is 2.41. The van der Waals surface area contributed by atoms with E-state index in [4.69, 9.17) is 14.2 Å². The largest absolute Gasteiger partial charge is 0.493 e. The number of aryl methyl sites for hydroxylation is 2. The number of methoxy groups -OCH3 is 1. The van der Waals surface area contributed by atoms with Crippen LogP contribution in [0.2, 0.25) is 0 Å². The van der Waals surface area contributed by atoms with Crippen molar-refractivity contribution in [1.29, 1.82) is 0 Å². The van der Waals surface area contributed by atoms with Crippen molar-refractivity contribution in [3.05, 3.63) is 147 Å². The maximum Gasteiger partial charge on any atom is 0.259 e. The first-order valence-electron chi connectivity index (χ1n) is 20.7. The number of hydrogen-bond acceptors (Lipinski definition) is 7. The van der Waals surface area contributed by atoms with Crippen molar-refractivity contribution in [3.8, 4) is 17.2 Å². The highest BCUT2D eigenvalue weighted by atomic mass is 32.1. The van der Waals surface area contributed by atoms with Crippen molar-refractivity contribution in [2.45, 2.75) is 89.3 Å². The molecule has 5 aromatic rings. The van der Waals surface area contributed by atoms with Gasteiger partial charge in [0.1, 0.15) is 19.0 Å². The summed E-state index contributed by atoms with van der Waals surface area (Å²) in [6, 6.07) is 29.8. The number of ether oxygens (including phenoxy) is 3. The van der Waals surface area contributed by atoms with E-state index in [-0.39, 0.29) is 47.8 Å². The molecule has 0 unspecified atom stereocenters. The van der Waals surface area contributed by atoms with Gasteiger partial charge in [-0.2, -0.15) is 12.6 Å². The molecule has 10 heteroatoms. The van der Waals surface area contributed by atoms with Crippen LogP contribution in [0.4, 0.5) is 17.1 Å². The Morgan fingerprint density at radius 1 is 0.783 bits per heavy atom. The van der Waals surface area contributed by atoms with Crippen LogP contribution in [0, 0.1) is 6.92 Å². The molecule has 2 atom stereocenters. The second-order valence-corrected chi connectivity index (χ2v) is 18.2. The first-order valence-corrected chi connectivity index (χ1v) is 21.1. The molecule has 60 heavy (non-hydrogen) atoms. The number of rotatable bonds is 11. The van der Waals surface area contributed by atoms with E-state index in [0.717, 1.165) is 76.0 Å². The zero-order valence-corrected chi connectivity index (χ0v) is 35.3. The van der Waals surface area contributed by atoms with E-state index in [9.17, 15) is 14.4 Å². The van der Waals surface area contributed by atoms with Crippen LogP contribution in [0.3, 0.4) is 0 Å². The number of nitrogens with zero attached hydrogens (tertiary/aromatic N) is 2. The number of benzene rings is 5. The van der Waals surface area contributed by atoms with Gasteiger partial charge >= 0.3 is 0 Å². The minimum absolute atomic E-state index is 0.0429. The molecule has 0 aromatic heterocycles. The van der Waals surface area contributed by atoms with Gasteiger partial charge in [-0.1, -0.05) is 62.4 Å². The van der Waals surface area contributed by atoms with E-state index in [1.165, 1.54) is 5.56 Å². The van der Waals surface area contributed by atoms with Gasteiger partial charge in [0.15, 0.2) is 11.5 Å². The van der Waals surface area contributed by atoms with Crippen molar-refractivity contribution >= 4 is 53.5 Å². The summed E-state index contributed by atoms with van der Waals surface area (Å²) < 4.78 is 18.5. The van der Waals surface area contributed by atoms with Crippen LogP contribution in [-0.4, -0.2) is 41.7 Å². The summed E-state index contributed by atoms with van der Waals surface area (Å²) >= 11 is 4.61. The minimum Gasteiger partial charge on any atom is -0.493 e. The van der Waals surface area contributed by atoms with E-state index in [1.807, 2.05) is 109 Å². The van der Waals surface area contributed by atoms with Crippen LogP contribution in [0.5, 0.6) is 17.2 Å². The molecule has 0 spiro atoms.